The van der Waals surface area contributed by atoms with Gasteiger partial charge in [0.1, 0.15) is 18.5 Å². The lowest BCUT2D eigenvalue weighted by atomic mass is 10.2. The number of ether oxygens (including phenoxy) is 3. The van der Waals surface area contributed by atoms with E-state index >= 15 is 0 Å². The van der Waals surface area contributed by atoms with Crippen molar-refractivity contribution in [3.05, 3.63) is 54.1 Å². The fourth-order valence-electron chi connectivity index (χ4n) is 3.48. The molecule has 28 heavy (non-hydrogen) atoms. The Bertz CT molecular complexity index is 738. The number of piperazine rings is 1. The zero-order chi connectivity index (χ0) is 18.5. The minimum atomic E-state index is -0.518. The topological polar surface area (TPSA) is 54.4 Å². The number of hydrogen-bond donors (Lipinski definition) is 1. The van der Waals surface area contributed by atoms with Gasteiger partial charge in [-0.1, -0.05) is 30.3 Å². The number of hydrogen-bond acceptors (Lipinski definition) is 6. The first kappa shape index (κ1) is 20.7. The van der Waals surface area contributed by atoms with E-state index in [1.807, 2.05) is 12.1 Å². The quantitative estimate of drug-likeness (QED) is 0.762. The molecule has 1 unspecified atom stereocenters. The molecule has 0 aromatic heterocycles. The van der Waals surface area contributed by atoms with Crippen LogP contribution in [0.2, 0.25) is 0 Å². The molecule has 2 aromatic carbocycles. The Kier molecular flexibility index (Phi) is 7.39. The highest BCUT2D eigenvalue weighted by Gasteiger charge is 2.20. The van der Waals surface area contributed by atoms with Crippen molar-refractivity contribution in [2.45, 2.75) is 12.6 Å². The Morgan fingerprint density at radius 2 is 1.64 bits per heavy atom. The van der Waals surface area contributed by atoms with Gasteiger partial charge in [-0.25, -0.2) is 0 Å². The lowest BCUT2D eigenvalue weighted by Gasteiger charge is -2.35. The molecule has 2 aliphatic rings. The van der Waals surface area contributed by atoms with Gasteiger partial charge in [-0.3, -0.25) is 9.80 Å². The van der Waals surface area contributed by atoms with Crippen LogP contribution in [0.5, 0.6) is 17.2 Å². The van der Waals surface area contributed by atoms with Crippen LogP contribution in [0, 0.1) is 0 Å². The van der Waals surface area contributed by atoms with Gasteiger partial charge in [0.15, 0.2) is 11.5 Å². The highest BCUT2D eigenvalue weighted by molar-refractivity contribution is 5.85. The first-order valence-electron chi connectivity index (χ1n) is 9.45. The van der Waals surface area contributed by atoms with Crippen LogP contribution < -0.4 is 14.2 Å². The van der Waals surface area contributed by atoms with Crippen LogP contribution in [-0.2, 0) is 6.54 Å². The van der Waals surface area contributed by atoms with Crippen molar-refractivity contribution in [2.75, 3.05) is 46.1 Å². The normalized spacial score (nSPS) is 17.8. The van der Waals surface area contributed by atoms with Gasteiger partial charge < -0.3 is 19.3 Å². The first-order valence-corrected chi connectivity index (χ1v) is 9.45. The van der Waals surface area contributed by atoms with Crippen LogP contribution in [0.15, 0.2) is 48.5 Å². The molecule has 2 heterocycles. The molecule has 152 valence electrons. The van der Waals surface area contributed by atoms with E-state index in [4.69, 9.17) is 14.2 Å². The summed E-state index contributed by atoms with van der Waals surface area (Å²) >= 11 is 0. The number of fused-ring (bicyclic) bond motifs is 1. The molecule has 1 fully saturated rings. The van der Waals surface area contributed by atoms with Crippen molar-refractivity contribution in [2.24, 2.45) is 0 Å². The summed E-state index contributed by atoms with van der Waals surface area (Å²) in [5.41, 5.74) is 1.35. The average Bonchev–Trinajstić information content (AvgIpc) is 3.17. The van der Waals surface area contributed by atoms with Crippen LogP contribution in [0.4, 0.5) is 0 Å². The number of nitrogens with zero attached hydrogens (tertiary/aromatic N) is 2. The second-order valence-corrected chi connectivity index (χ2v) is 7.04. The van der Waals surface area contributed by atoms with E-state index < -0.39 is 6.10 Å². The second kappa shape index (κ2) is 9.98. The summed E-state index contributed by atoms with van der Waals surface area (Å²) in [6.07, 6.45) is -0.518. The molecular weight excluding hydrogens is 380 g/mol. The van der Waals surface area contributed by atoms with Crippen LogP contribution in [0.1, 0.15) is 5.56 Å². The molecular formula is C21H27ClN2O4. The van der Waals surface area contributed by atoms with Crippen LogP contribution in [-0.4, -0.2) is 67.1 Å². The fourth-order valence-corrected chi connectivity index (χ4v) is 3.48. The van der Waals surface area contributed by atoms with Gasteiger partial charge in [-0.2, -0.15) is 0 Å². The number of benzene rings is 2. The summed E-state index contributed by atoms with van der Waals surface area (Å²) in [6, 6.07) is 16.0. The molecule has 1 saturated heterocycles. The van der Waals surface area contributed by atoms with Crippen LogP contribution in [0.3, 0.4) is 0 Å². The summed E-state index contributed by atoms with van der Waals surface area (Å²) in [6.45, 7) is 6.10. The zero-order valence-electron chi connectivity index (χ0n) is 15.8. The number of rotatable bonds is 7. The summed E-state index contributed by atoms with van der Waals surface area (Å²) in [5, 5.41) is 10.3. The molecule has 1 N–H and O–H groups in total. The third-order valence-electron chi connectivity index (χ3n) is 4.97. The minimum absolute atomic E-state index is 0. The van der Waals surface area contributed by atoms with Crippen LogP contribution in [0.25, 0.3) is 0 Å². The molecule has 0 aliphatic carbocycles. The maximum Gasteiger partial charge on any atom is 0.231 e. The van der Waals surface area contributed by atoms with Crippen LogP contribution >= 0.6 is 12.4 Å². The van der Waals surface area contributed by atoms with Gasteiger partial charge >= 0.3 is 0 Å². The predicted octanol–water partition coefficient (Wildman–Crippen LogP) is 2.39. The Morgan fingerprint density at radius 1 is 0.929 bits per heavy atom. The van der Waals surface area contributed by atoms with Gasteiger partial charge in [0.25, 0.3) is 0 Å². The molecule has 0 amide bonds. The first-order chi connectivity index (χ1) is 13.3. The van der Waals surface area contributed by atoms with Crippen molar-refractivity contribution >= 4 is 12.4 Å². The zero-order valence-corrected chi connectivity index (χ0v) is 16.6. The summed E-state index contributed by atoms with van der Waals surface area (Å²) in [5.74, 6) is 2.11. The van der Waals surface area contributed by atoms with Crippen molar-refractivity contribution in [3.63, 3.8) is 0 Å². The Morgan fingerprint density at radius 3 is 2.43 bits per heavy atom. The van der Waals surface area contributed by atoms with Gasteiger partial charge in [-0.05, 0) is 17.7 Å². The molecule has 4 rings (SSSR count). The molecule has 6 nitrogen and oxygen atoms in total. The second-order valence-electron chi connectivity index (χ2n) is 7.04. The third-order valence-corrected chi connectivity index (χ3v) is 4.97. The molecule has 0 spiro atoms. The van der Waals surface area contributed by atoms with E-state index in [1.54, 1.807) is 6.07 Å². The van der Waals surface area contributed by atoms with E-state index in [0.717, 1.165) is 38.5 Å². The van der Waals surface area contributed by atoms with Gasteiger partial charge in [-0.15, -0.1) is 12.4 Å². The Labute approximate surface area is 172 Å². The van der Waals surface area contributed by atoms with E-state index in [1.165, 1.54) is 5.56 Å². The molecule has 2 aromatic rings. The lowest BCUT2D eigenvalue weighted by molar-refractivity contribution is 0.0446. The van der Waals surface area contributed by atoms with Crippen molar-refractivity contribution in [3.8, 4) is 17.2 Å². The molecule has 2 aliphatic heterocycles. The van der Waals surface area contributed by atoms with Crippen molar-refractivity contribution < 1.29 is 19.3 Å². The van der Waals surface area contributed by atoms with Crippen molar-refractivity contribution in [1.29, 1.82) is 0 Å². The number of aliphatic hydroxyl groups is 1. The molecule has 0 saturated carbocycles. The van der Waals surface area contributed by atoms with Gasteiger partial charge in [0.2, 0.25) is 6.79 Å². The maximum absolute atomic E-state index is 10.3. The fraction of sp³-hybridized carbons (Fsp3) is 0.429. The maximum atomic E-state index is 10.3. The molecule has 0 radical (unpaired) electrons. The Hall–Kier alpha value is -1.99. The average molecular weight is 407 g/mol. The monoisotopic (exact) mass is 406 g/mol. The number of aliphatic hydroxyl groups excluding tert-OH is 1. The summed E-state index contributed by atoms with van der Waals surface area (Å²) in [7, 11) is 0. The lowest BCUT2D eigenvalue weighted by Crippen LogP contribution is -2.48. The van der Waals surface area contributed by atoms with Gasteiger partial charge in [0.05, 0.1) is 0 Å². The molecule has 7 heteroatoms. The Balaban J connectivity index is 0.00000225. The van der Waals surface area contributed by atoms with E-state index in [9.17, 15) is 5.11 Å². The van der Waals surface area contributed by atoms with E-state index in [-0.39, 0.29) is 25.8 Å². The third kappa shape index (κ3) is 5.52. The number of β-amino-alcohol motifs (C(OH)–C–C–N with tert-alkyl or cyclic N) is 1. The van der Waals surface area contributed by atoms with Crippen molar-refractivity contribution in [1.82, 2.24) is 9.80 Å². The SMILES string of the molecule is Cl.OC(COc1ccc2c(c1)OCO2)CN1CCN(Cc2ccccc2)CC1. The van der Waals surface area contributed by atoms with E-state index in [0.29, 0.717) is 18.0 Å². The van der Waals surface area contributed by atoms with E-state index in [2.05, 4.69) is 40.1 Å². The summed E-state index contributed by atoms with van der Waals surface area (Å²) < 4.78 is 16.3. The molecule has 0 bridgehead atoms. The largest absolute Gasteiger partial charge is 0.491 e. The minimum Gasteiger partial charge on any atom is -0.491 e. The summed E-state index contributed by atoms with van der Waals surface area (Å²) in [4.78, 5) is 4.76. The van der Waals surface area contributed by atoms with Gasteiger partial charge in [0, 0.05) is 45.3 Å². The predicted molar refractivity (Wildman–Crippen MR) is 109 cm³/mol. The smallest absolute Gasteiger partial charge is 0.231 e. The number of halogens is 1. The molecule has 1 atom stereocenters. The highest BCUT2D eigenvalue weighted by Crippen LogP contribution is 2.35. The standard InChI is InChI=1S/C21H26N2O4.ClH/c24-18(15-25-19-6-7-20-21(12-19)27-16-26-20)14-23-10-8-22(9-11-23)13-17-4-2-1-3-5-17;/h1-7,12,18,24H,8-11,13-16H2;1H. The highest BCUT2D eigenvalue weighted by atomic mass is 35.5.